The van der Waals surface area contributed by atoms with Crippen molar-refractivity contribution >= 4 is 0 Å². The van der Waals surface area contributed by atoms with Gasteiger partial charge in [0.2, 0.25) is 5.82 Å². The highest BCUT2D eigenvalue weighted by Gasteiger charge is 2.16. The van der Waals surface area contributed by atoms with E-state index in [9.17, 15) is 8.78 Å². The van der Waals surface area contributed by atoms with Crippen LogP contribution in [0.3, 0.4) is 0 Å². The normalized spacial score (nSPS) is 11.1. The Morgan fingerprint density at radius 1 is 0.462 bits per heavy atom. The first kappa shape index (κ1) is 28.5. The van der Waals surface area contributed by atoms with Crippen molar-refractivity contribution in [3.05, 3.63) is 103 Å². The Bertz CT molecular complexity index is 1260. The van der Waals surface area contributed by atoms with Crippen molar-refractivity contribution in [2.24, 2.45) is 0 Å². The number of halogens is 2. The molecule has 1 nitrogen and oxygen atoms in total. The maximum Gasteiger partial charge on any atom is 0.201 e. The zero-order chi connectivity index (χ0) is 27.3. The van der Waals surface area contributed by atoms with E-state index in [0.717, 1.165) is 29.5 Å². The molecular formula is C36H40F2O. The van der Waals surface area contributed by atoms with E-state index in [2.05, 4.69) is 43.3 Å². The Labute approximate surface area is 232 Å². The summed E-state index contributed by atoms with van der Waals surface area (Å²) in [5.41, 5.74) is 5.30. The molecule has 4 rings (SSSR count). The Morgan fingerprint density at radius 3 is 1.46 bits per heavy atom. The summed E-state index contributed by atoms with van der Waals surface area (Å²) in [5.74, 6) is -1.79. The van der Waals surface area contributed by atoms with Gasteiger partial charge in [0.05, 0.1) is 6.61 Å². The highest BCUT2D eigenvalue weighted by Crippen LogP contribution is 2.32. The first-order chi connectivity index (χ1) is 19.2. The van der Waals surface area contributed by atoms with Gasteiger partial charge in [-0.15, -0.1) is 0 Å². The second-order valence-electron chi connectivity index (χ2n) is 10.3. The Balaban J connectivity index is 1.27. The number of ether oxygens (including phenoxy) is 1. The van der Waals surface area contributed by atoms with Crippen LogP contribution in [-0.4, -0.2) is 6.61 Å². The molecule has 4 aromatic rings. The average Bonchev–Trinajstić information content (AvgIpc) is 2.99. The topological polar surface area (TPSA) is 9.23 Å². The molecule has 204 valence electrons. The molecule has 0 aliphatic carbocycles. The number of hydrogen-bond donors (Lipinski definition) is 0. The second-order valence-corrected chi connectivity index (χ2v) is 10.3. The summed E-state index contributed by atoms with van der Waals surface area (Å²) < 4.78 is 35.3. The molecule has 0 saturated carbocycles. The van der Waals surface area contributed by atoms with Crippen LogP contribution in [0.25, 0.3) is 33.4 Å². The van der Waals surface area contributed by atoms with Crippen LogP contribution < -0.4 is 4.74 Å². The molecule has 0 unspecified atom stereocenters. The third kappa shape index (κ3) is 8.26. The summed E-state index contributed by atoms with van der Waals surface area (Å²) >= 11 is 0. The number of rotatable bonds is 15. The predicted octanol–water partition coefficient (Wildman–Crippen LogP) is 11.3. The van der Waals surface area contributed by atoms with Gasteiger partial charge in [-0.25, -0.2) is 4.39 Å². The van der Waals surface area contributed by atoms with Gasteiger partial charge < -0.3 is 4.74 Å². The lowest BCUT2D eigenvalue weighted by molar-refractivity contribution is 0.285. The van der Waals surface area contributed by atoms with E-state index < -0.39 is 11.6 Å². The van der Waals surface area contributed by atoms with Gasteiger partial charge in [0.1, 0.15) is 0 Å². The molecule has 0 atom stereocenters. The molecule has 0 aliphatic rings. The van der Waals surface area contributed by atoms with Crippen molar-refractivity contribution < 1.29 is 13.5 Å². The van der Waals surface area contributed by atoms with Crippen LogP contribution in [0.15, 0.2) is 91.0 Å². The minimum absolute atomic E-state index is 0.0118. The van der Waals surface area contributed by atoms with Gasteiger partial charge in [-0.2, -0.15) is 4.39 Å². The van der Waals surface area contributed by atoms with Gasteiger partial charge in [0, 0.05) is 5.56 Å². The first-order valence-corrected chi connectivity index (χ1v) is 14.5. The molecule has 4 aromatic carbocycles. The van der Waals surface area contributed by atoms with Crippen molar-refractivity contribution in [2.75, 3.05) is 6.61 Å². The number of unbranched alkanes of at least 4 members (excludes halogenated alkanes) is 9. The predicted molar refractivity (Wildman–Crippen MR) is 160 cm³/mol. The monoisotopic (exact) mass is 526 g/mol. The lowest BCUT2D eigenvalue weighted by Crippen LogP contribution is -2.01. The van der Waals surface area contributed by atoms with Gasteiger partial charge in [-0.05, 0) is 46.4 Å². The molecule has 0 saturated heterocycles. The fourth-order valence-electron chi connectivity index (χ4n) is 4.97. The number of hydrogen-bond acceptors (Lipinski definition) is 1. The summed E-state index contributed by atoms with van der Waals surface area (Å²) in [7, 11) is 0. The molecule has 0 bridgehead atoms. The van der Waals surface area contributed by atoms with Crippen LogP contribution in [0, 0.1) is 11.6 Å². The van der Waals surface area contributed by atoms with Crippen LogP contribution in [-0.2, 0) is 0 Å². The fourth-order valence-corrected chi connectivity index (χ4v) is 4.97. The third-order valence-corrected chi connectivity index (χ3v) is 7.32. The molecule has 0 spiro atoms. The minimum Gasteiger partial charge on any atom is -0.490 e. The Hall–Kier alpha value is -3.46. The summed E-state index contributed by atoms with van der Waals surface area (Å²) in [5, 5.41) is 0. The quantitative estimate of drug-likeness (QED) is 0.140. The van der Waals surface area contributed by atoms with Crippen LogP contribution in [0.4, 0.5) is 8.78 Å². The van der Waals surface area contributed by atoms with Crippen molar-refractivity contribution in [3.8, 4) is 39.1 Å². The zero-order valence-electron chi connectivity index (χ0n) is 23.1. The third-order valence-electron chi connectivity index (χ3n) is 7.32. The van der Waals surface area contributed by atoms with E-state index in [4.69, 9.17) is 4.74 Å². The van der Waals surface area contributed by atoms with E-state index in [-0.39, 0.29) is 11.3 Å². The van der Waals surface area contributed by atoms with E-state index in [1.165, 1.54) is 56.9 Å². The maximum atomic E-state index is 14.9. The minimum atomic E-state index is -0.917. The van der Waals surface area contributed by atoms with Crippen molar-refractivity contribution in [1.29, 1.82) is 0 Å². The largest absolute Gasteiger partial charge is 0.490 e. The summed E-state index contributed by atoms with van der Waals surface area (Å²) in [6.45, 7) is 2.65. The Morgan fingerprint density at radius 2 is 0.923 bits per heavy atom. The van der Waals surface area contributed by atoms with Gasteiger partial charge in [-0.1, -0.05) is 144 Å². The molecule has 3 heteroatoms. The van der Waals surface area contributed by atoms with E-state index in [0.29, 0.717) is 12.2 Å². The highest BCUT2D eigenvalue weighted by molar-refractivity contribution is 5.73. The van der Waals surface area contributed by atoms with E-state index >= 15 is 0 Å². The van der Waals surface area contributed by atoms with Gasteiger partial charge in [0.15, 0.2) is 11.6 Å². The van der Waals surface area contributed by atoms with Gasteiger partial charge in [-0.3, -0.25) is 0 Å². The average molecular weight is 527 g/mol. The molecule has 0 aliphatic heterocycles. The van der Waals surface area contributed by atoms with Gasteiger partial charge >= 0.3 is 0 Å². The van der Waals surface area contributed by atoms with Crippen molar-refractivity contribution in [1.82, 2.24) is 0 Å². The Kier molecular flexibility index (Phi) is 11.1. The van der Waals surface area contributed by atoms with E-state index in [1.54, 1.807) is 12.1 Å². The summed E-state index contributed by atoms with van der Waals surface area (Å²) in [6, 6.07) is 29.3. The summed E-state index contributed by atoms with van der Waals surface area (Å²) in [6.07, 6.45) is 12.2. The smallest absolute Gasteiger partial charge is 0.201 e. The van der Waals surface area contributed by atoms with E-state index in [1.807, 2.05) is 42.5 Å². The van der Waals surface area contributed by atoms with Gasteiger partial charge in [0.25, 0.3) is 0 Å². The summed E-state index contributed by atoms with van der Waals surface area (Å²) in [4.78, 5) is 0. The lowest BCUT2D eigenvalue weighted by atomic mass is 9.98. The SMILES string of the molecule is CCCCCCCCCCCCOc1ccc(-c2ccc(-c3ccc(-c4ccccc4)cc3)cc2)c(F)c1F. The van der Waals surface area contributed by atoms with Crippen LogP contribution >= 0.6 is 0 Å². The van der Waals surface area contributed by atoms with Crippen molar-refractivity contribution in [3.63, 3.8) is 0 Å². The molecule has 0 N–H and O–H groups in total. The van der Waals surface area contributed by atoms with Crippen molar-refractivity contribution in [2.45, 2.75) is 71.1 Å². The molecule has 0 fully saturated rings. The van der Waals surface area contributed by atoms with Crippen LogP contribution in [0.5, 0.6) is 5.75 Å². The molecule has 39 heavy (non-hydrogen) atoms. The molecule has 0 heterocycles. The molecule has 0 amide bonds. The second kappa shape index (κ2) is 15.2. The highest BCUT2D eigenvalue weighted by atomic mass is 19.2. The molecular weight excluding hydrogens is 486 g/mol. The first-order valence-electron chi connectivity index (χ1n) is 14.5. The standard InChI is InChI=1S/C36H40F2O/c1-2-3-4-5-6-7-8-9-10-14-27-39-34-26-25-33(35(37)36(34)38)32-23-21-31(22-24-32)30-19-17-29(18-20-30)28-15-12-11-13-16-28/h11-13,15-26H,2-10,14,27H2,1H3. The zero-order valence-corrected chi connectivity index (χ0v) is 23.1. The van der Waals surface area contributed by atoms with Crippen LogP contribution in [0.1, 0.15) is 71.1 Å². The molecule has 0 radical (unpaired) electrons. The number of benzene rings is 4. The maximum absolute atomic E-state index is 14.9. The van der Waals surface area contributed by atoms with Crippen LogP contribution in [0.2, 0.25) is 0 Å². The fraction of sp³-hybridized carbons (Fsp3) is 0.333. The molecule has 0 aromatic heterocycles. The lowest BCUT2D eigenvalue weighted by Gasteiger charge is -2.11.